The third-order valence-corrected chi connectivity index (χ3v) is 8.79. The molecule has 3 aromatic rings. The number of hydrogen-bond acceptors (Lipinski definition) is 11. The Morgan fingerprint density at radius 3 is 2.48 bits per heavy atom. The third-order valence-electron chi connectivity index (χ3n) is 8.00. The van der Waals surface area contributed by atoms with Crippen molar-refractivity contribution >= 4 is 63.4 Å². The van der Waals surface area contributed by atoms with Crippen LogP contribution in [0.15, 0.2) is 48.7 Å². The molecule has 44 heavy (non-hydrogen) atoms. The number of halogens is 1. The minimum absolute atomic E-state index is 0.206. The summed E-state index contributed by atoms with van der Waals surface area (Å²) in [7, 11) is 1.64. The highest BCUT2D eigenvalue weighted by molar-refractivity contribution is 7.92. The molecule has 2 saturated heterocycles. The Kier molecular flexibility index (Phi) is 10.9. The Hall–Kier alpha value is -3.49. The monoisotopic (exact) mass is 642 g/mol. The van der Waals surface area contributed by atoms with Gasteiger partial charge in [-0.2, -0.15) is 4.98 Å². The van der Waals surface area contributed by atoms with Crippen molar-refractivity contribution in [3.63, 3.8) is 0 Å². The van der Waals surface area contributed by atoms with Crippen LogP contribution in [0.1, 0.15) is 19.3 Å². The van der Waals surface area contributed by atoms with Crippen LogP contribution < -0.4 is 25.0 Å². The van der Waals surface area contributed by atoms with Crippen LogP contribution >= 0.6 is 11.6 Å². The normalized spacial score (nSPS) is 17.2. The van der Waals surface area contributed by atoms with Crippen LogP contribution in [0.25, 0.3) is 0 Å². The zero-order valence-electron chi connectivity index (χ0n) is 25.0. The van der Waals surface area contributed by atoms with Crippen molar-refractivity contribution in [1.82, 2.24) is 19.8 Å². The maximum Gasteiger partial charge on any atom is 0.304 e. The summed E-state index contributed by atoms with van der Waals surface area (Å²) in [5.41, 5.74) is 3.16. The molecule has 1 atom stereocenters. The van der Waals surface area contributed by atoms with Crippen LogP contribution in [-0.4, -0.2) is 101 Å². The van der Waals surface area contributed by atoms with E-state index in [0.717, 1.165) is 63.5 Å². The minimum Gasteiger partial charge on any atom is -0.593 e. The molecule has 14 heteroatoms. The number of carboxylic acids is 1. The van der Waals surface area contributed by atoms with Crippen LogP contribution in [0.4, 0.5) is 34.5 Å². The molecular weight excluding hydrogens is 604 g/mol. The van der Waals surface area contributed by atoms with E-state index in [-0.39, 0.29) is 6.42 Å². The van der Waals surface area contributed by atoms with Crippen LogP contribution in [0.2, 0.25) is 5.02 Å². The van der Waals surface area contributed by atoms with E-state index in [1.165, 1.54) is 6.20 Å². The Balaban J connectivity index is 1.19. The topological polar surface area (TPSA) is 141 Å². The SMILES string of the molecule is COc1cc(N2CCC(N3CCN(CCC(=O)O)CC3)CC2)ccc1Nc1ncc(Cl)c(Nc2ccccc2N[S+](C)[O-])n1. The number of nitrogens with zero attached hydrogens (tertiary/aromatic N) is 5. The number of para-hydroxylation sites is 2. The van der Waals surface area contributed by atoms with Crippen molar-refractivity contribution in [1.29, 1.82) is 0 Å². The van der Waals surface area contributed by atoms with E-state index in [0.29, 0.717) is 46.5 Å². The van der Waals surface area contributed by atoms with Crippen molar-refractivity contribution in [3.05, 3.63) is 53.7 Å². The molecule has 0 bridgehead atoms. The lowest BCUT2D eigenvalue weighted by Gasteiger charge is -2.43. The molecule has 2 aliphatic heterocycles. The summed E-state index contributed by atoms with van der Waals surface area (Å²) in [5.74, 6) is 0.691. The second kappa shape index (κ2) is 15.0. The van der Waals surface area contributed by atoms with Crippen molar-refractivity contribution < 1.29 is 19.2 Å². The van der Waals surface area contributed by atoms with E-state index >= 15 is 0 Å². The first-order chi connectivity index (χ1) is 21.3. The zero-order valence-corrected chi connectivity index (χ0v) is 26.5. The van der Waals surface area contributed by atoms with Crippen LogP contribution in [0, 0.1) is 0 Å². The molecular formula is C30H39ClN8O4S. The molecule has 3 heterocycles. The number of aliphatic carboxylic acids is 1. The van der Waals surface area contributed by atoms with Gasteiger partial charge >= 0.3 is 5.97 Å². The third kappa shape index (κ3) is 8.36. The van der Waals surface area contributed by atoms with E-state index in [1.807, 2.05) is 36.4 Å². The van der Waals surface area contributed by atoms with Gasteiger partial charge in [-0.15, -0.1) is 0 Å². The van der Waals surface area contributed by atoms with E-state index in [1.54, 1.807) is 13.4 Å². The number of rotatable bonds is 12. The Labute approximate surface area is 266 Å². The first kappa shape index (κ1) is 31.9. The molecule has 0 amide bonds. The summed E-state index contributed by atoms with van der Waals surface area (Å²) in [4.78, 5) is 27.0. The number of anilines is 6. The second-order valence-corrected chi connectivity index (χ2v) is 12.4. The van der Waals surface area contributed by atoms with Crippen LogP contribution in [-0.2, 0) is 16.2 Å². The fourth-order valence-corrected chi connectivity index (χ4v) is 6.30. The quantitative estimate of drug-likeness (QED) is 0.208. The Morgan fingerprint density at radius 2 is 1.80 bits per heavy atom. The number of hydrogen-bond donors (Lipinski definition) is 4. The lowest BCUT2D eigenvalue weighted by molar-refractivity contribution is -0.137. The number of nitrogens with one attached hydrogen (secondary N) is 3. The van der Waals surface area contributed by atoms with Gasteiger partial charge in [-0.3, -0.25) is 9.69 Å². The number of piperazine rings is 1. The standard InChI is InChI=1S/C30H39ClN8O4S/c1-43-27-19-22(38-13-9-21(10-14-38)39-17-15-37(16-18-39)12-11-28(40)41)7-8-26(27)34-30-32-20-23(31)29(35-30)33-24-5-3-4-6-25(24)36-44(2)42/h3-8,19-21,36H,9-18H2,1-2H3,(H,40,41)(H2,32,33,34,35). The van der Waals surface area contributed by atoms with Gasteiger partial charge < -0.3 is 34.8 Å². The molecule has 2 aliphatic rings. The lowest BCUT2D eigenvalue weighted by atomic mass is 10.0. The van der Waals surface area contributed by atoms with E-state index in [9.17, 15) is 9.35 Å². The summed E-state index contributed by atoms with van der Waals surface area (Å²) in [5, 5.41) is 15.8. The molecule has 0 spiro atoms. The molecule has 0 radical (unpaired) electrons. The molecule has 12 nitrogen and oxygen atoms in total. The summed E-state index contributed by atoms with van der Waals surface area (Å²) in [6, 6.07) is 14.0. The number of carbonyl (C=O) groups is 1. The summed E-state index contributed by atoms with van der Waals surface area (Å²) in [6.07, 6.45) is 5.46. The number of benzene rings is 2. The highest BCUT2D eigenvalue weighted by Crippen LogP contribution is 2.34. The molecule has 2 aromatic carbocycles. The predicted molar refractivity (Wildman–Crippen MR) is 176 cm³/mol. The number of aromatic nitrogens is 2. The highest BCUT2D eigenvalue weighted by atomic mass is 35.5. The number of carboxylic acid groups (broad SMARTS) is 1. The molecule has 5 rings (SSSR count). The van der Waals surface area contributed by atoms with Gasteiger partial charge in [-0.25, -0.2) is 9.71 Å². The molecule has 1 aromatic heterocycles. The average molecular weight is 643 g/mol. The minimum atomic E-state index is -1.24. The van der Waals surface area contributed by atoms with Crippen molar-refractivity contribution in [3.8, 4) is 5.75 Å². The number of piperidine rings is 1. The molecule has 2 fully saturated rings. The van der Waals surface area contributed by atoms with Gasteiger partial charge in [0.05, 0.1) is 42.5 Å². The van der Waals surface area contributed by atoms with Gasteiger partial charge in [-0.1, -0.05) is 23.7 Å². The first-order valence-electron chi connectivity index (χ1n) is 14.7. The maximum atomic E-state index is 11.7. The van der Waals surface area contributed by atoms with Gasteiger partial charge in [0.2, 0.25) is 5.95 Å². The Bertz CT molecular complexity index is 1420. The maximum absolute atomic E-state index is 11.7. The summed E-state index contributed by atoms with van der Waals surface area (Å²) < 4.78 is 20.4. The second-order valence-electron chi connectivity index (χ2n) is 10.9. The predicted octanol–water partition coefficient (Wildman–Crippen LogP) is 4.39. The van der Waals surface area contributed by atoms with E-state index in [4.69, 9.17) is 21.4 Å². The smallest absolute Gasteiger partial charge is 0.304 e. The van der Waals surface area contributed by atoms with E-state index in [2.05, 4.69) is 46.1 Å². The van der Waals surface area contributed by atoms with Gasteiger partial charge in [0.15, 0.2) is 5.82 Å². The van der Waals surface area contributed by atoms with E-state index < -0.39 is 17.3 Å². The van der Waals surface area contributed by atoms with Crippen molar-refractivity contribution in [2.75, 3.05) is 79.4 Å². The molecule has 1 unspecified atom stereocenters. The van der Waals surface area contributed by atoms with Crippen LogP contribution in [0.5, 0.6) is 5.75 Å². The van der Waals surface area contributed by atoms with Crippen LogP contribution in [0.3, 0.4) is 0 Å². The summed E-state index contributed by atoms with van der Waals surface area (Å²) >= 11 is 5.17. The van der Waals surface area contributed by atoms with Crippen molar-refractivity contribution in [2.24, 2.45) is 0 Å². The fourth-order valence-electron chi connectivity index (χ4n) is 5.67. The number of ether oxygens (including phenoxy) is 1. The zero-order chi connectivity index (χ0) is 31.1. The van der Waals surface area contributed by atoms with Gasteiger partial charge in [0.25, 0.3) is 0 Å². The lowest BCUT2D eigenvalue weighted by Crippen LogP contribution is -2.53. The van der Waals surface area contributed by atoms with Gasteiger partial charge in [-0.05, 0) is 37.1 Å². The molecule has 236 valence electrons. The first-order valence-corrected chi connectivity index (χ1v) is 16.6. The van der Waals surface area contributed by atoms with Gasteiger partial charge in [0.1, 0.15) is 22.7 Å². The average Bonchev–Trinajstić information content (AvgIpc) is 3.03. The Morgan fingerprint density at radius 1 is 1.07 bits per heavy atom. The largest absolute Gasteiger partial charge is 0.593 e. The fraction of sp³-hybridized carbons (Fsp3) is 0.433. The van der Waals surface area contributed by atoms with Gasteiger partial charge in [0, 0.05) is 63.6 Å². The summed E-state index contributed by atoms with van der Waals surface area (Å²) in [6.45, 7) is 6.39. The highest BCUT2D eigenvalue weighted by Gasteiger charge is 2.28. The molecule has 4 N–H and O–H groups in total. The number of methoxy groups -OCH3 is 1. The molecule has 0 saturated carbocycles. The molecule has 0 aliphatic carbocycles. The van der Waals surface area contributed by atoms with Crippen molar-refractivity contribution in [2.45, 2.75) is 25.3 Å².